The van der Waals surface area contributed by atoms with Crippen LogP contribution in [0.1, 0.15) is 26.5 Å². The molecule has 7 nitrogen and oxygen atoms in total. The van der Waals surface area contributed by atoms with Gasteiger partial charge in [-0.1, -0.05) is 20.8 Å². The van der Waals surface area contributed by atoms with Crippen molar-refractivity contribution < 1.29 is 14.6 Å². The maximum atomic E-state index is 10.7. The Balaban J connectivity index is 1.51. The lowest BCUT2D eigenvalue weighted by molar-refractivity contribution is -0.0773. The Hall–Kier alpha value is -1.28. The van der Waals surface area contributed by atoms with Crippen LogP contribution in [0.3, 0.4) is 0 Å². The van der Waals surface area contributed by atoms with Crippen LogP contribution in [-0.2, 0) is 14.9 Å². The highest BCUT2D eigenvalue weighted by Gasteiger charge is 2.37. The first-order valence-corrected chi connectivity index (χ1v) is 8.94. The quantitative estimate of drug-likeness (QED) is 0.856. The minimum Gasteiger partial charge on any atom is -0.384 e. The van der Waals surface area contributed by atoms with Crippen LogP contribution in [0.5, 0.6) is 0 Å². The molecule has 0 amide bonds. The van der Waals surface area contributed by atoms with E-state index in [-0.39, 0.29) is 5.41 Å². The van der Waals surface area contributed by atoms with Crippen molar-refractivity contribution in [2.45, 2.75) is 37.8 Å². The summed E-state index contributed by atoms with van der Waals surface area (Å²) in [6, 6.07) is 4.49. The monoisotopic (exact) mass is 350 g/mol. The fraction of sp³-hybridized carbons (Fsp3) is 0.778. The molecule has 2 saturated heterocycles. The third kappa shape index (κ3) is 4.47. The molecule has 2 fully saturated rings. The molecule has 0 unspecified atom stereocenters. The van der Waals surface area contributed by atoms with E-state index in [1.54, 1.807) is 0 Å². The Bertz CT molecular complexity index is 559. The topological polar surface area (TPSA) is 71.0 Å². The van der Waals surface area contributed by atoms with Crippen molar-refractivity contribution in [2.24, 2.45) is 0 Å². The summed E-state index contributed by atoms with van der Waals surface area (Å²) in [5, 5.41) is 19.4. The lowest BCUT2D eigenvalue weighted by atomic mass is 9.92. The van der Waals surface area contributed by atoms with Gasteiger partial charge < -0.3 is 19.5 Å². The van der Waals surface area contributed by atoms with Crippen LogP contribution in [-0.4, -0.2) is 85.0 Å². The van der Waals surface area contributed by atoms with Crippen LogP contribution in [0.15, 0.2) is 12.1 Å². The molecule has 0 saturated carbocycles. The minimum absolute atomic E-state index is 0.0154. The second kappa shape index (κ2) is 7.15. The van der Waals surface area contributed by atoms with E-state index in [1.807, 2.05) is 13.1 Å². The van der Waals surface area contributed by atoms with Crippen LogP contribution in [0.25, 0.3) is 0 Å². The highest BCUT2D eigenvalue weighted by molar-refractivity contribution is 5.42. The summed E-state index contributed by atoms with van der Waals surface area (Å²) in [7, 11) is 2.04. The summed E-state index contributed by atoms with van der Waals surface area (Å²) in [6.45, 7) is 10.5. The van der Waals surface area contributed by atoms with Gasteiger partial charge >= 0.3 is 0 Å². The smallest absolute Gasteiger partial charge is 0.151 e. The number of nitrogens with zero attached hydrogens (tertiary/aromatic N) is 4. The summed E-state index contributed by atoms with van der Waals surface area (Å²) in [5.74, 6) is 0.914. The first kappa shape index (κ1) is 18.5. The van der Waals surface area contributed by atoms with Gasteiger partial charge in [0.15, 0.2) is 5.82 Å². The van der Waals surface area contributed by atoms with Crippen LogP contribution >= 0.6 is 0 Å². The fourth-order valence-corrected chi connectivity index (χ4v) is 3.18. The van der Waals surface area contributed by atoms with Gasteiger partial charge in [-0.05, 0) is 19.2 Å². The van der Waals surface area contributed by atoms with Gasteiger partial charge in [-0.15, -0.1) is 5.10 Å². The summed E-state index contributed by atoms with van der Waals surface area (Å²) >= 11 is 0. The third-order valence-electron chi connectivity index (χ3n) is 4.89. The Morgan fingerprint density at radius 2 is 1.84 bits per heavy atom. The Morgan fingerprint density at radius 3 is 2.36 bits per heavy atom. The van der Waals surface area contributed by atoms with Crippen molar-refractivity contribution in [1.29, 1.82) is 0 Å². The van der Waals surface area contributed by atoms with Crippen molar-refractivity contribution in [1.82, 2.24) is 15.1 Å². The normalized spacial score (nSPS) is 21.9. The van der Waals surface area contributed by atoms with E-state index in [1.165, 1.54) is 0 Å². The average Bonchev–Trinajstić information content (AvgIpc) is 2.70. The standard InChI is InChI=1S/C18H30N4O3/c1-17(2,3)15-5-6-16(20-19-15)22-9-14(10-22)21(4)11-18(23)12-24-7-8-25-13-18/h5-6,14,23H,7-13H2,1-4H3. The molecule has 1 aromatic rings. The molecule has 0 bridgehead atoms. The highest BCUT2D eigenvalue weighted by atomic mass is 16.6. The Kier molecular flexibility index (Phi) is 5.29. The number of hydrogen-bond acceptors (Lipinski definition) is 7. The van der Waals surface area contributed by atoms with E-state index in [4.69, 9.17) is 9.47 Å². The molecule has 3 rings (SSSR count). The van der Waals surface area contributed by atoms with Crippen LogP contribution in [0.2, 0.25) is 0 Å². The largest absolute Gasteiger partial charge is 0.384 e. The first-order chi connectivity index (χ1) is 11.8. The van der Waals surface area contributed by atoms with Gasteiger partial charge in [0.1, 0.15) is 5.60 Å². The molecule has 0 atom stereocenters. The van der Waals surface area contributed by atoms with E-state index >= 15 is 0 Å². The van der Waals surface area contributed by atoms with Gasteiger partial charge in [0.2, 0.25) is 0 Å². The molecule has 3 heterocycles. The SMILES string of the molecule is CN(CC1(O)COCCOC1)C1CN(c2ccc(C(C)(C)C)nn2)C1. The number of hydrogen-bond donors (Lipinski definition) is 1. The Morgan fingerprint density at radius 1 is 1.20 bits per heavy atom. The number of ether oxygens (including phenoxy) is 2. The zero-order valence-electron chi connectivity index (χ0n) is 15.7. The van der Waals surface area contributed by atoms with Gasteiger partial charge in [-0.2, -0.15) is 5.10 Å². The number of rotatable bonds is 4. The van der Waals surface area contributed by atoms with Crippen molar-refractivity contribution in [2.75, 3.05) is 58.0 Å². The third-order valence-corrected chi connectivity index (χ3v) is 4.89. The highest BCUT2D eigenvalue weighted by Crippen LogP contribution is 2.25. The van der Waals surface area contributed by atoms with Gasteiger partial charge in [0.25, 0.3) is 0 Å². The first-order valence-electron chi connectivity index (χ1n) is 8.94. The summed E-state index contributed by atoms with van der Waals surface area (Å²) < 4.78 is 10.9. The number of aliphatic hydroxyl groups is 1. The molecule has 2 aliphatic rings. The second-order valence-electron chi connectivity index (χ2n) is 8.33. The lowest BCUT2D eigenvalue weighted by Gasteiger charge is -2.46. The van der Waals surface area contributed by atoms with Crippen molar-refractivity contribution in [3.8, 4) is 0 Å². The average molecular weight is 350 g/mol. The minimum atomic E-state index is -0.931. The molecule has 140 valence electrons. The Labute approximate surface area is 149 Å². The molecule has 2 aliphatic heterocycles. The van der Waals surface area contributed by atoms with E-state index in [0.29, 0.717) is 39.0 Å². The molecule has 0 radical (unpaired) electrons. The van der Waals surface area contributed by atoms with Crippen LogP contribution in [0.4, 0.5) is 5.82 Å². The van der Waals surface area contributed by atoms with Crippen LogP contribution < -0.4 is 4.90 Å². The summed E-state index contributed by atoms with van der Waals surface area (Å²) in [5.41, 5.74) is 0.0856. The number of likely N-dealkylation sites (N-methyl/N-ethyl adjacent to an activating group) is 1. The van der Waals surface area contributed by atoms with E-state index in [9.17, 15) is 5.11 Å². The van der Waals surface area contributed by atoms with Gasteiger partial charge in [0.05, 0.1) is 32.1 Å². The van der Waals surface area contributed by atoms with Gasteiger partial charge in [-0.3, -0.25) is 4.90 Å². The molecule has 0 aromatic carbocycles. The van der Waals surface area contributed by atoms with Crippen molar-refractivity contribution in [3.63, 3.8) is 0 Å². The molecule has 7 heteroatoms. The zero-order chi connectivity index (χ0) is 18.1. The van der Waals surface area contributed by atoms with Gasteiger partial charge in [0, 0.05) is 31.1 Å². The molecule has 0 aliphatic carbocycles. The molecular weight excluding hydrogens is 320 g/mol. The maximum absolute atomic E-state index is 10.7. The van der Waals surface area contributed by atoms with Gasteiger partial charge in [-0.25, -0.2) is 0 Å². The molecule has 1 N–H and O–H groups in total. The number of anilines is 1. The molecule has 25 heavy (non-hydrogen) atoms. The fourth-order valence-electron chi connectivity index (χ4n) is 3.18. The number of aromatic nitrogens is 2. The zero-order valence-corrected chi connectivity index (χ0v) is 15.7. The summed E-state index contributed by atoms with van der Waals surface area (Å²) in [6.07, 6.45) is 0. The van der Waals surface area contributed by atoms with Crippen molar-refractivity contribution in [3.05, 3.63) is 17.8 Å². The van der Waals surface area contributed by atoms with Crippen LogP contribution in [0, 0.1) is 0 Å². The van der Waals surface area contributed by atoms with E-state index in [2.05, 4.69) is 46.8 Å². The molecule has 1 aromatic heterocycles. The predicted molar refractivity (Wildman–Crippen MR) is 96.0 cm³/mol. The predicted octanol–water partition coefficient (Wildman–Crippen LogP) is 0.672. The summed E-state index contributed by atoms with van der Waals surface area (Å²) in [4.78, 5) is 4.40. The molecular formula is C18H30N4O3. The maximum Gasteiger partial charge on any atom is 0.151 e. The second-order valence-corrected chi connectivity index (χ2v) is 8.33. The van der Waals surface area contributed by atoms with E-state index in [0.717, 1.165) is 24.6 Å². The lowest BCUT2D eigenvalue weighted by Crippen LogP contribution is -2.62. The molecule has 0 spiro atoms. The van der Waals surface area contributed by atoms with E-state index < -0.39 is 5.60 Å². The van der Waals surface area contributed by atoms with Crippen molar-refractivity contribution >= 4 is 5.82 Å².